The third kappa shape index (κ3) is 4.08. The first kappa shape index (κ1) is 21.2. The third-order valence-corrected chi connectivity index (χ3v) is 7.10. The van der Waals surface area contributed by atoms with E-state index in [-0.39, 0.29) is 11.6 Å². The Morgan fingerprint density at radius 2 is 1.52 bits per heavy atom. The molecule has 2 aromatic carbocycles. The van der Waals surface area contributed by atoms with Gasteiger partial charge in [0.1, 0.15) is 5.71 Å². The van der Waals surface area contributed by atoms with Crippen LogP contribution in [0.5, 0.6) is 0 Å². The molecule has 0 saturated carbocycles. The zero-order chi connectivity index (χ0) is 22.9. The number of hydrogen-bond acceptors (Lipinski definition) is 8. The smallest absolute Gasteiger partial charge is 0.265 e. The van der Waals surface area contributed by atoms with E-state index in [0.717, 1.165) is 32.3 Å². The van der Waals surface area contributed by atoms with Crippen molar-refractivity contribution in [3.05, 3.63) is 81.7 Å². The van der Waals surface area contributed by atoms with Crippen LogP contribution >= 0.6 is 22.7 Å². The number of rotatable bonds is 5. The van der Waals surface area contributed by atoms with Gasteiger partial charge in [0.2, 0.25) is 10.3 Å². The molecule has 0 bridgehead atoms. The summed E-state index contributed by atoms with van der Waals surface area (Å²) in [5.41, 5.74) is 7.24. The number of nitrogens with zero attached hydrogens (tertiary/aromatic N) is 5. The maximum Gasteiger partial charge on any atom is 0.303 e. The van der Waals surface area contributed by atoms with Crippen molar-refractivity contribution in [2.24, 2.45) is 10.2 Å². The van der Waals surface area contributed by atoms with Crippen LogP contribution in [-0.2, 0) is 4.79 Å². The Morgan fingerprint density at radius 1 is 0.848 bits per heavy atom. The van der Waals surface area contributed by atoms with E-state index in [2.05, 4.69) is 20.6 Å². The number of amides is 1. The maximum absolute atomic E-state index is 13.4. The zero-order valence-electron chi connectivity index (χ0n) is 18.2. The van der Waals surface area contributed by atoms with E-state index in [4.69, 9.17) is 4.98 Å². The molecule has 1 amide bonds. The van der Waals surface area contributed by atoms with Gasteiger partial charge in [-0.2, -0.15) is 15.2 Å². The second kappa shape index (κ2) is 8.68. The molecule has 0 spiro atoms. The average molecular weight is 473 g/mol. The molecule has 5 rings (SSSR count). The molecule has 3 heterocycles. The lowest BCUT2D eigenvalue weighted by molar-refractivity contribution is -0.112. The van der Waals surface area contributed by atoms with Gasteiger partial charge in [0.05, 0.1) is 11.4 Å². The summed E-state index contributed by atoms with van der Waals surface area (Å²) < 4.78 is 0. The molecule has 0 atom stereocenters. The highest BCUT2D eigenvalue weighted by Gasteiger charge is 2.36. The van der Waals surface area contributed by atoms with Crippen LogP contribution in [0.15, 0.2) is 70.9 Å². The van der Waals surface area contributed by atoms with Crippen molar-refractivity contribution in [3.8, 4) is 11.3 Å². The third-order valence-electron chi connectivity index (χ3n) is 5.17. The second-order valence-electron chi connectivity index (χ2n) is 7.43. The molecular formula is C24H20N6OS2. The molecule has 9 heteroatoms. The van der Waals surface area contributed by atoms with Gasteiger partial charge in [0, 0.05) is 20.9 Å². The fraction of sp³-hybridized carbons (Fsp3) is 0.125. The topological polar surface area (TPSA) is 82.8 Å². The van der Waals surface area contributed by atoms with Crippen molar-refractivity contribution in [3.63, 3.8) is 0 Å². The SMILES string of the molecule is Cc1nc(N/N=C2\C(=O)N(c3nc(-c4ccccc4)c(C)s3)N=C2c2ccccc2)sc1C. The molecule has 0 radical (unpaired) electrons. The summed E-state index contributed by atoms with van der Waals surface area (Å²) >= 11 is 2.92. The monoisotopic (exact) mass is 472 g/mol. The van der Waals surface area contributed by atoms with E-state index in [1.165, 1.54) is 27.7 Å². The van der Waals surface area contributed by atoms with Crippen LogP contribution in [-0.4, -0.2) is 27.3 Å². The van der Waals surface area contributed by atoms with E-state index in [9.17, 15) is 4.79 Å². The number of carbonyl (C=O) groups excluding carboxylic acids is 1. The maximum atomic E-state index is 13.4. The fourth-order valence-electron chi connectivity index (χ4n) is 3.38. The molecule has 1 N–H and O–H groups in total. The molecule has 7 nitrogen and oxygen atoms in total. The average Bonchev–Trinajstić information content (AvgIpc) is 3.48. The Bertz CT molecular complexity index is 1370. The minimum Gasteiger partial charge on any atom is -0.265 e. The molecule has 0 aliphatic carbocycles. The summed E-state index contributed by atoms with van der Waals surface area (Å²) in [6.07, 6.45) is 0. The normalized spacial score (nSPS) is 14.8. The van der Waals surface area contributed by atoms with Gasteiger partial charge in [-0.3, -0.25) is 10.2 Å². The van der Waals surface area contributed by atoms with Gasteiger partial charge in [-0.05, 0) is 20.8 Å². The van der Waals surface area contributed by atoms with Gasteiger partial charge in [-0.1, -0.05) is 72.0 Å². The largest absolute Gasteiger partial charge is 0.303 e. The number of carbonyl (C=O) groups is 1. The Balaban J connectivity index is 1.53. The van der Waals surface area contributed by atoms with E-state index in [1.54, 1.807) is 0 Å². The molecule has 1 aliphatic rings. The lowest BCUT2D eigenvalue weighted by atomic mass is 10.1. The van der Waals surface area contributed by atoms with Gasteiger partial charge in [0.25, 0.3) is 0 Å². The number of benzene rings is 2. The van der Waals surface area contributed by atoms with Crippen molar-refractivity contribution >= 4 is 50.3 Å². The summed E-state index contributed by atoms with van der Waals surface area (Å²) in [6, 6.07) is 19.5. The van der Waals surface area contributed by atoms with Crippen LogP contribution in [0.25, 0.3) is 11.3 Å². The highest BCUT2D eigenvalue weighted by Crippen LogP contribution is 2.34. The Hall–Kier alpha value is -3.69. The molecule has 164 valence electrons. The van der Waals surface area contributed by atoms with Crippen LogP contribution in [0.3, 0.4) is 0 Å². The standard InChI is InChI=1S/C24H20N6OS2/c1-14-15(2)32-23(25-14)28-27-21-20(18-12-8-5-9-13-18)29-30(22(21)31)24-26-19(16(3)33-24)17-10-6-4-7-11-17/h4-13H,1-3H3,(H,25,28)/b27-21-. The van der Waals surface area contributed by atoms with E-state index < -0.39 is 0 Å². The van der Waals surface area contributed by atoms with E-state index >= 15 is 0 Å². The molecule has 33 heavy (non-hydrogen) atoms. The van der Waals surface area contributed by atoms with Gasteiger partial charge in [0.15, 0.2) is 5.71 Å². The van der Waals surface area contributed by atoms with Crippen LogP contribution in [0.1, 0.15) is 21.0 Å². The minimum atomic E-state index is -0.334. The van der Waals surface area contributed by atoms with Crippen LogP contribution in [0.2, 0.25) is 0 Å². The van der Waals surface area contributed by atoms with Crippen LogP contribution in [0.4, 0.5) is 10.3 Å². The van der Waals surface area contributed by atoms with Crippen LogP contribution < -0.4 is 10.4 Å². The lowest BCUT2D eigenvalue weighted by Gasteiger charge is -2.06. The fourth-order valence-corrected chi connectivity index (χ4v) is 5.01. The van der Waals surface area contributed by atoms with Gasteiger partial charge in [-0.25, -0.2) is 9.97 Å². The number of aryl methyl sites for hydroxylation is 3. The molecule has 0 fully saturated rings. The van der Waals surface area contributed by atoms with Crippen LogP contribution in [0, 0.1) is 20.8 Å². The number of thiazole rings is 2. The van der Waals surface area contributed by atoms with Gasteiger partial charge < -0.3 is 0 Å². The molecule has 4 aromatic rings. The van der Waals surface area contributed by atoms with Crippen molar-refractivity contribution < 1.29 is 4.79 Å². The summed E-state index contributed by atoms with van der Waals surface area (Å²) in [5, 5.41) is 11.5. The van der Waals surface area contributed by atoms with Crippen molar-refractivity contribution in [1.29, 1.82) is 0 Å². The van der Waals surface area contributed by atoms with Crippen molar-refractivity contribution in [2.45, 2.75) is 20.8 Å². The molecule has 0 saturated heterocycles. The summed E-state index contributed by atoms with van der Waals surface area (Å²) in [4.78, 5) is 24.7. The zero-order valence-corrected chi connectivity index (χ0v) is 19.9. The predicted octanol–water partition coefficient (Wildman–Crippen LogP) is 5.41. The Morgan fingerprint density at radius 3 is 2.15 bits per heavy atom. The second-order valence-corrected chi connectivity index (χ2v) is 9.82. The number of hydrogen-bond donors (Lipinski definition) is 1. The first-order chi connectivity index (χ1) is 16.0. The number of aromatic nitrogens is 2. The first-order valence-corrected chi connectivity index (χ1v) is 11.9. The number of nitrogens with one attached hydrogen (secondary N) is 1. The lowest BCUT2D eigenvalue weighted by Crippen LogP contribution is -2.28. The summed E-state index contributed by atoms with van der Waals surface area (Å²) in [5.74, 6) is -0.334. The van der Waals surface area contributed by atoms with E-state index in [1.807, 2.05) is 81.4 Å². The highest BCUT2D eigenvalue weighted by atomic mass is 32.1. The molecular weight excluding hydrogens is 452 g/mol. The number of anilines is 2. The summed E-state index contributed by atoms with van der Waals surface area (Å²) in [7, 11) is 0. The molecule has 0 unspecified atom stereocenters. The summed E-state index contributed by atoms with van der Waals surface area (Å²) in [6.45, 7) is 5.94. The first-order valence-electron chi connectivity index (χ1n) is 10.3. The Kier molecular flexibility index (Phi) is 5.57. The predicted molar refractivity (Wildman–Crippen MR) is 135 cm³/mol. The number of hydrazone groups is 2. The minimum absolute atomic E-state index is 0.223. The highest BCUT2D eigenvalue weighted by molar-refractivity contribution is 7.16. The quantitative estimate of drug-likeness (QED) is 0.394. The van der Waals surface area contributed by atoms with Crippen molar-refractivity contribution in [1.82, 2.24) is 9.97 Å². The Labute approximate surface area is 199 Å². The van der Waals surface area contributed by atoms with Gasteiger partial charge in [-0.15, -0.1) is 11.3 Å². The molecule has 2 aromatic heterocycles. The van der Waals surface area contributed by atoms with E-state index in [0.29, 0.717) is 16.0 Å². The van der Waals surface area contributed by atoms with Gasteiger partial charge >= 0.3 is 5.91 Å². The van der Waals surface area contributed by atoms with Crippen molar-refractivity contribution in [2.75, 3.05) is 10.4 Å². The molecule has 1 aliphatic heterocycles.